The third-order valence-electron chi connectivity index (χ3n) is 5.06. The van der Waals surface area contributed by atoms with Crippen LogP contribution in [0.1, 0.15) is 39.2 Å². The van der Waals surface area contributed by atoms with E-state index in [1.165, 1.54) is 7.11 Å². The molecule has 6 nitrogen and oxygen atoms in total. The van der Waals surface area contributed by atoms with E-state index in [0.29, 0.717) is 30.8 Å². The zero-order valence-corrected chi connectivity index (χ0v) is 17.9. The normalized spacial score (nSPS) is 16.3. The van der Waals surface area contributed by atoms with Gasteiger partial charge in [-0.3, -0.25) is 4.99 Å². The summed E-state index contributed by atoms with van der Waals surface area (Å²) in [6.07, 6.45) is 2.80. The van der Waals surface area contributed by atoms with Crippen molar-refractivity contribution in [2.45, 2.75) is 58.7 Å². The molecule has 0 bridgehead atoms. The summed E-state index contributed by atoms with van der Waals surface area (Å²) in [6.45, 7) is 7.12. The number of aliphatic imine (C=N–C) groups is 1. The molecule has 2 N–H and O–H groups in total. The van der Waals surface area contributed by atoms with Crippen LogP contribution in [0.4, 0.5) is 8.78 Å². The second-order valence-electron chi connectivity index (χ2n) is 7.42. The van der Waals surface area contributed by atoms with Gasteiger partial charge in [0, 0.05) is 38.3 Å². The Hall–Kier alpha value is -2.09. The summed E-state index contributed by atoms with van der Waals surface area (Å²) in [5.41, 5.74) is 0.867. The van der Waals surface area contributed by atoms with Gasteiger partial charge in [-0.2, -0.15) is 8.78 Å². The first-order valence-corrected chi connectivity index (χ1v) is 10.3. The molecule has 1 aliphatic rings. The van der Waals surface area contributed by atoms with E-state index < -0.39 is 6.61 Å². The van der Waals surface area contributed by atoms with Crippen LogP contribution in [0.3, 0.4) is 0 Å². The Bertz CT molecular complexity index is 648. The van der Waals surface area contributed by atoms with Crippen molar-refractivity contribution >= 4 is 5.96 Å². The van der Waals surface area contributed by atoms with Gasteiger partial charge in [0.1, 0.15) is 0 Å². The predicted molar refractivity (Wildman–Crippen MR) is 112 cm³/mol. The minimum Gasteiger partial charge on any atom is -0.493 e. The van der Waals surface area contributed by atoms with Gasteiger partial charge in [-0.25, -0.2) is 0 Å². The molecule has 1 fully saturated rings. The van der Waals surface area contributed by atoms with Gasteiger partial charge in [0.2, 0.25) is 0 Å². The van der Waals surface area contributed by atoms with Crippen LogP contribution in [0, 0.1) is 0 Å². The maximum atomic E-state index is 12.6. The predicted octanol–water partition coefficient (Wildman–Crippen LogP) is 3.27. The fraction of sp³-hybridized carbons (Fsp3) is 0.667. The minimum atomic E-state index is -2.89. The molecule has 0 unspecified atom stereocenters. The third kappa shape index (κ3) is 7.68. The van der Waals surface area contributed by atoms with Crippen LogP contribution >= 0.6 is 0 Å². The maximum absolute atomic E-state index is 12.6. The van der Waals surface area contributed by atoms with E-state index in [1.54, 1.807) is 12.1 Å². The van der Waals surface area contributed by atoms with E-state index in [-0.39, 0.29) is 5.75 Å². The molecule has 1 aromatic rings. The first-order valence-electron chi connectivity index (χ1n) is 10.3. The van der Waals surface area contributed by atoms with Crippen LogP contribution in [0.25, 0.3) is 0 Å². The molecule has 0 spiro atoms. The van der Waals surface area contributed by atoms with Crippen molar-refractivity contribution in [1.82, 2.24) is 15.5 Å². The summed E-state index contributed by atoms with van der Waals surface area (Å²) in [6, 6.07) is 6.07. The summed E-state index contributed by atoms with van der Waals surface area (Å²) >= 11 is 0. The summed E-state index contributed by atoms with van der Waals surface area (Å²) < 4.78 is 34.8. The summed E-state index contributed by atoms with van der Waals surface area (Å²) in [5, 5.41) is 6.81. The molecule has 1 aromatic carbocycles. The molecule has 0 amide bonds. The molecular weight excluding hydrogens is 378 g/mol. The number of methoxy groups -OCH3 is 1. The lowest BCUT2D eigenvalue weighted by Crippen LogP contribution is -2.49. The van der Waals surface area contributed by atoms with Crippen molar-refractivity contribution in [3.63, 3.8) is 0 Å². The summed E-state index contributed by atoms with van der Waals surface area (Å²) in [7, 11) is 1.43. The summed E-state index contributed by atoms with van der Waals surface area (Å²) in [5.74, 6) is 1.14. The second kappa shape index (κ2) is 11.8. The van der Waals surface area contributed by atoms with Crippen molar-refractivity contribution in [2.24, 2.45) is 4.99 Å². The molecular formula is C21H34F2N4O2. The Morgan fingerprint density at radius 3 is 2.55 bits per heavy atom. The smallest absolute Gasteiger partial charge is 0.387 e. The minimum absolute atomic E-state index is 0.0472. The molecule has 0 radical (unpaired) electrons. The zero-order chi connectivity index (χ0) is 21.2. The number of alkyl halides is 2. The Balaban J connectivity index is 1.92. The quantitative estimate of drug-likeness (QED) is 0.482. The number of halogens is 2. The molecule has 29 heavy (non-hydrogen) atoms. The van der Waals surface area contributed by atoms with E-state index in [0.717, 1.165) is 44.0 Å². The van der Waals surface area contributed by atoms with Crippen molar-refractivity contribution in [2.75, 3.05) is 33.3 Å². The second-order valence-corrected chi connectivity index (χ2v) is 7.42. The van der Waals surface area contributed by atoms with Gasteiger partial charge in [-0.05, 0) is 57.7 Å². The molecule has 2 rings (SSSR count). The number of hydrogen-bond donors (Lipinski definition) is 2. The molecule has 1 saturated heterocycles. The monoisotopic (exact) mass is 412 g/mol. The van der Waals surface area contributed by atoms with Gasteiger partial charge in [0.05, 0.1) is 7.11 Å². The summed E-state index contributed by atoms with van der Waals surface area (Å²) in [4.78, 5) is 7.14. The van der Waals surface area contributed by atoms with Crippen LogP contribution in [0.15, 0.2) is 23.2 Å². The lowest BCUT2D eigenvalue weighted by atomic mass is 10.0. The third-order valence-corrected chi connectivity index (χ3v) is 5.06. The van der Waals surface area contributed by atoms with Crippen molar-refractivity contribution in [1.29, 1.82) is 0 Å². The maximum Gasteiger partial charge on any atom is 0.387 e. The number of nitrogens with one attached hydrogen (secondary N) is 2. The highest BCUT2D eigenvalue weighted by Crippen LogP contribution is 2.29. The number of ether oxygens (including phenoxy) is 2. The number of guanidine groups is 1. The van der Waals surface area contributed by atoms with Crippen molar-refractivity contribution < 1.29 is 18.3 Å². The van der Waals surface area contributed by atoms with Crippen LogP contribution in [0.5, 0.6) is 11.5 Å². The van der Waals surface area contributed by atoms with E-state index >= 15 is 0 Å². The highest BCUT2D eigenvalue weighted by molar-refractivity contribution is 5.80. The molecule has 1 aliphatic heterocycles. The Labute approximate surface area is 172 Å². The van der Waals surface area contributed by atoms with Crippen LogP contribution in [-0.2, 0) is 6.42 Å². The SMILES string of the molecule is CCNC(=NCCc1ccc(OC)c(OC(F)F)c1)NC1CCN(C(C)C)CC1. The van der Waals surface area contributed by atoms with Crippen molar-refractivity contribution in [3.8, 4) is 11.5 Å². The molecule has 0 aliphatic carbocycles. The molecule has 0 atom stereocenters. The van der Waals surface area contributed by atoms with Crippen LogP contribution < -0.4 is 20.1 Å². The number of likely N-dealkylation sites (tertiary alicyclic amines) is 1. The Morgan fingerprint density at radius 1 is 1.24 bits per heavy atom. The number of hydrogen-bond acceptors (Lipinski definition) is 4. The van der Waals surface area contributed by atoms with Gasteiger partial charge >= 0.3 is 6.61 Å². The molecule has 8 heteroatoms. The Morgan fingerprint density at radius 2 is 1.97 bits per heavy atom. The lowest BCUT2D eigenvalue weighted by molar-refractivity contribution is -0.0512. The topological polar surface area (TPSA) is 58.1 Å². The first kappa shape index (κ1) is 23.2. The zero-order valence-electron chi connectivity index (χ0n) is 17.9. The van der Waals surface area contributed by atoms with Crippen LogP contribution in [0.2, 0.25) is 0 Å². The average Bonchev–Trinajstić information content (AvgIpc) is 2.68. The average molecular weight is 413 g/mol. The standard InChI is InChI=1S/C21H34F2N4O2/c1-5-24-21(26-17-9-12-27(13-10-17)15(2)3)25-11-8-16-6-7-18(28-4)19(14-16)29-20(22)23/h6-7,14-15,17,20H,5,8-13H2,1-4H3,(H2,24,25,26). The van der Waals surface area contributed by atoms with Gasteiger partial charge in [0.15, 0.2) is 17.5 Å². The van der Waals surface area contributed by atoms with E-state index in [2.05, 4.69) is 39.1 Å². The van der Waals surface area contributed by atoms with Gasteiger partial charge in [-0.15, -0.1) is 0 Å². The van der Waals surface area contributed by atoms with Crippen molar-refractivity contribution in [3.05, 3.63) is 23.8 Å². The fourth-order valence-electron chi connectivity index (χ4n) is 3.44. The molecule has 0 saturated carbocycles. The van der Waals surface area contributed by atoms with E-state index in [9.17, 15) is 8.78 Å². The number of piperidine rings is 1. The number of nitrogens with zero attached hydrogens (tertiary/aromatic N) is 2. The van der Waals surface area contributed by atoms with E-state index in [1.807, 2.05) is 13.0 Å². The van der Waals surface area contributed by atoms with Gasteiger partial charge < -0.3 is 25.0 Å². The molecule has 0 aromatic heterocycles. The molecule has 164 valence electrons. The first-order chi connectivity index (χ1) is 13.9. The van der Waals surface area contributed by atoms with Crippen LogP contribution in [-0.4, -0.2) is 62.8 Å². The van der Waals surface area contributed by atoms with Gasteiger partial charge in [0.25, 0.3) is 0 Å². The number of benzene rings is 1. The lowest BCUT2D eigenvalue weighted by Gasteiger charge is -2.35. The fourth-order valence-corrected chi connectivity index (χ4v) is 3.44. The largest absolute Gasteiger partial charge is 0.493 e. The van der Waals surface area contributed by atoms with E-state index in [4.69, 9.17) is 4.74 Å². The highest BCUT2D eigenvalue weighted by atomic mass is 19.3. The highest BCUT2D eigenvalue weighted by Gasteiger charge is 2.21. The Kier molecular flexibility index (Phi) is 9.44. The number of rotatable bonds is 9. The van der Waals surface area contributed by atoms with Gasteiger partial charge in [-0.1, -0.05) is 6.07 Å². The molecule has 1 heterocycles.